The van der Waals surface area contributed by atoms with Crippen LogP contribution in [0.15, 0.2) is 23.3 Å². The quantitative estimate of drug-likeness (QED) is 0.713. The molecule has 0 amide bonds. The van der Waals surface area contributed by atoms with Crippen LogP contribution in [-0.4, -0.2) is 40.6 Å². The molecule has 4 aliphatic carbocycles. The third-order valence-electron chi connectivity index (χ3n) is 8.81. The summed E-state index contributed by atoms with van der Waals surface area (Å²) in [6, 6.07) is 0. The largest absolute Gasteiger partial charge is 0.458 e. The number of allylic oxidation sites excluding steroid dienone is 4. The molecule has 0 spiro atoms. The SMILES string of the molecule is CC(=O)OCC(=O)[C@@]1(O)CC[C@H]2[C@@H]3CCC4=CC(=O)C=C(C)[C@]4(C)[C@H]3C(=O)C[C@@]21C. The molecule has 3 saturated carbocycles. The summed E-state index contributed by atoms with van der Waals surface area (Å²) in [5.74, 6) is -1.23. The van der Waals surface area contributed by atoms with Gasteiger partial charge in [0, 0.05) is 30.1 Å². The zero-order chi connectivity index (χ0) is 22.1. The standard InChI is InChI=1S/C24H30O6/c1-13-9-16(26)10-15-5-6-17-18-7-8-24(29,20(28)12-30-14(2)25)22(18,3)11-19(27)21(17)23(13,15)4/h9-10,17-18,21,29H,5-8,11-12H2,1-4H3/t17-,18-,21+,22-,23-,24-/m0/s1. The zero-order valence-electron chi connectivity index (χ0n) is 18.1. The highest BCUT2D eigenvalue weighted by Gasteiger charge is 2.68. The molecule has 0 aromatic heterocycles. The Morgan fingerprint density at radius 1 is 1.20 bits per heavy atom. The summed E-state index contributed by atoms with van der Waals surface area (Å²) in [6.07, 6.45) is 5.90. The van der Waals surface area contributed by atoms with Crippen LogP contribution >= 0.6 is 0 Å². The Bertz CT molecular complexity index is 913. The summed E-state index contributed by atoms with van der Waals surface area (Å²) in [5.41, 5.74) is -1.06. The Labute approximate surface area is 176 Å². The first-order chi connectivity index (χ1) is 13.9. The van der Waals surface area contributed by atoms with Gasteiger partial charge in [0.1, 0.15) is 11.4 Å². The average molecular weight is 414 g/mol. The molecule has 0 bridgehead atoms. The molecule has 0 aromatic carbocycles. The molecule has 0 aliphatic heterocycles. The summed E-state index contributed by atoms with van der Waals surface area (Å²) in [4.78, 5) is 49.7. The molecule has 0 aromatic rings. The summed E-state index contributed by atoms with van der Waals surface area (Å²) < 4.78 is 4.87. The molecule has 4 rings (SSSR count). The first-order valence-corrected chi connectivity index (χ1v) is 10.8. The Kier molecular flexibility index (Phi) is 4.73. The molecule has 3 fully saturated rings. The second-order valence-electron chi connectivity index (χ2n) is 10.1. The van der Waals surface area contributed by atoms with Crippen molar-refractivity contribution in [2.24, 2.45) is 28.6 Å². The van der Waals surface area contributed by atoms with E-state index >= 15 is 0 Å². The fraction of sp³-hybridized carbons (Fsp3) is 0.667. The molecule has 0 heterocycles. The Hall–Kier alpha value is -2.08. The van der Waals surface area contributed by atoms with Crippen LogP contribution in [0.5, 0.6) is 0 Å². The van der Waals surface area contributed by atoms with E-state index in [-0.39, 0.29) is 42.2 Å². The molecule has 6 heteroatoms. The molecule has 6 nitrogen and oxygen atoms in total. The molecule has 162 valence electrons. The van der Waals surface area contributed by atoms with Crippen molar-refractivity contribution in [1.82, 2.24) is 0 Å². The minimum Gasteiger partial charge on any atom is -0.458 e. The van der Waals surface area contributed by atoms with Crippen molar-refractivity contribution >= 4 is 23.3 Å². The average Bonchev–Trinajstić information content (AvgIpc) is 2.92. The Balaban J connectivity index is 1.70. The van der Waals surface area contributed by atoms with E-state index in [2.05, 4.69) is 6.92 Å². The Morgan fingerprint density at radius 2 is 1.90 bits per heavy atom. The van der Waals surface area contributed by atoms with E-state index in [1.54, 1.807) is 12.2 Å². The number of aliphatic hydroxyl groups is 1. The van der Waals surface area contributed by atoms with Crippen LogP contribution in [0, 0.1) is 28.6 Å². The van der Waals surface area contributed by atoms with Crippen LogP contribution in [0.3, 0.4) is 0 Å². The van der Waals surface area contributed by atoms with Crippen molar-refractivity contribution in [2.75, 3.05) is 6.61 Å². The number of ether oxygens (including phenoxy) is 1. The normalized spacial score (nSPS) is 42.5. The van der Waals surface area contributed by atoms with Gasteiger partial charge in [0.2, 0.25) is 5.78 Å². The second kappa shape index (κ2) is 6.71. The predicted octanol–water partition coefficient (Wildman–Crippen LogP) is 2.73. The van der Waals surface area contributed by atoms with Gasteiger partial charge >= 0.3 is 5.97 Å². The monoisotopic (exact) mass is 414 g/mol. The highest BCUT2D eigenvalue weighted by atomic mass is 16.5. The van der Waals surface area contributed by atoms with Crippen LogP contribution in [0.2, 0.25) is 0 Å². The number of hydrogen-bond donors (Lipinski definition) is 1. The third kappa shape index (κ3) is 2.65. The van der Waals surface area contributed by atoms with Gasteiger partial charge in [-0.25, -0.2) is 0 Å². The maximum atomic E-state index is 13.6. The highest BCUT2D eigenvalue weighted by Crippen LogP contribution is 2.66. The van der Waals surface area contributed by atoms with E-state index in [0.29, 0.717) is 6.42 Å². The molecule has 1 N–H and O–H groups in total. The van der Waals surface area contributed by atoms with E-state index in [1.807, 2.05) is 13.8 Å². The van der Waals surface area contributed by atoms with Gasteiger partial charge in [-0.1, -0.05) is 25.0 Å². The van der Waals surface area contributed by atoms with Gasteiger partial charge in [-0.3, -0.25) is 19.2 Å². The summed E-state index contributed by atoms with van der Waals surface area (Å²) in [7, 11) is 0. The van der Waals surface area contributed by atoms with E-state index in [0.717, 1.165) is 24.0 Å². The van der Waals surface area contributed by atoms with Crippen LogP contribution in [0.4, 0.5) is 0 Å². The lowest BCUT2D eigenvalue weighted by molar-refractivity contribution is -0.172. The number of esters is 1. The van der Waals surface area contributed by atoms with E-state index < -0.39 is 34.8 Å². The predicted molar refractivity (Wildman–Crippen MR) is 108 cm³/mol. The molecule has 0 radical (unpaired) electrons. The summed E-state index contributed by atoms with van der Waals surface area (Å²) in [5, 5.41) is 11.5. The van der Waals surface area contributed by atoms with Gasteiger partial charge in [-0.2, -0.15) is 0 Å². The topological polar surface area (TPSA) is 97.7 Å². The smallest absolute Gasteiger partial charge is 0.303 e. The minimum absolute atomic E-state index is 0.0159. The molecule has 0 unspecified atom stereocenters. The minimum atomic E-state index is -1.67. The van der Waals surface area contributed by atoms with Gasteiger partial charge in [-0.15, -0.1) is 0 Å². The Morgan fingerprint density at radius 3 is 2.57 bits per heavy atom. The van der Waals surface area contributed by atoms with Crippen molar-refractivity contribution in [3.63, 3.8) is 0 Å². The number of carbonyl (C=O) groups is 4. The summed E-state index contributed by atoms with van der Waals surface area (Å²) >= 11 is 0. The zero-order valence-corrected chi connectivity index (χ0v) is 18.1. The van der Waals surface area contributed by atoms with E-state index in [9.17, 15) is 24.3 Å². The van der Waals surface area contributed by atoms with Gasteiger partial charge in [0.05, 0.1) is 0 Å². The molecular weight excluding hydrogens is 384 g/mol. The van der Waals surface area contributed by atoms with Crippen molar-refractivity contribution in [1.29, 1.82) is 0 Å². The maximum absolute atomic E-state index is 13.6. The first kappa shape index (κ1) is 21.2. The van der Waals surface area contributed by atoms with Gasteiger partial charge in [-0.05, 0) is 56.6 Å². The highest BCUT2D eigenvalue weighted by molar-refractivity contribution is 6.02. The number of Topliss-reactive ketones (excluding diaryl/α,β-unsaturated/α-hetero) is 2. The lowest BCUT2D eigenvalue weighted by Crippen LogP contribution is -2.61. The van der Waals surface area contributed by atoms with Crippen LogP contribution < -0.4 is 0 Å². The second-order valence-corrected chi connectivity index (χ2v) is 10.1. The van der Waals surface area contributed by atoms with Crippen LogP contribution in [0.25, 0.3) is 0 Å². The molecular formula is C24H30O6. The fourth-order valence-electron chi connectivity index (χ4n) is 7.12. The number of fused-ring (bicyclic) bond motifs is 5. The molecule has 4 aliphatic rings. The number of rotatable bonds is 3. The van der Waals surface area contributed by atoms with Crippen LogP contribution in [-0.2, 0) is 23.9 Å². The van der Waals surface area contributed by atoms with Crippen molar-refractivity contribution < 1.29 is 29.0 Å². The maximum Gasteiger partial charge on any atom is 0.303 e. The van der Waals surface area contributed by atoms with E-state index in [1.165, 1.54) is 6.92 Å². The van der Waals surface area contributed by atoms with Crippen molar-refractivity contribution in [3.05, 3.63) is 23.3 Å². The molecule has 6 atom stereocenters. The lowest BCUT2D eigenvalue weighted by Gasteiger charge is -2.57. The molecule has 30 heavy (non-hydrogen) atoms. The van der Waals surface area contributed by atoms with Crippen LogP contribution in [0.1, 0.15) is 59.8 Å². The lowest BCUT2D eigenvalue weighted by atomic mass is 9.45. The van der Waals surface area contributed by atoms with E-state index in [4.69, 9.17) is 4.74 Å². The fourth-order valence-corrected chi connectivity index (χ4v) is 7.12. The number of carbonyl (C=O) groups excluding carboxylic acids is 4. The van der Waals surface area contributed by atoms with Crippen molar-refractivity contribution in [2.45, 2.75) is 65.4 Å². The van der Waals surface area contributed by atoms with Gasteiger partial charge in [0.15, 0.2) is 12.4 Å². The molecule has 0 saturated heterocycles. The first-order valence-electron chi connectivity index (χ1n) is 10.8. The van der Waals surface area contributed by atoms with Crippen molar-refractivity contribution in [3.8, 4) is 0 Å². The van der Waals surface area contributed by atoms with Gasteiger partial charge < -0.3 is 9.84 Å². The summed E-state index contributed by atoms with van der Waals surface area (Å²) in [6.45, 7) is 6.61. The van der Waals surface area contributed by atoms with Gasteiger partial charge in [0.25, 0.3) is 0 Å². The number of ketones is 3. The third-order valence-corrected chi connectivity index (χ3v) is 8.81. The number of hydrogen-bond acceptors (Lipinski definition) is 6.